The molecule has 1 spiro atoms. The molecule has 2 heterocycles. The maximum atomic E-state index is 12.2. The van der Waals surface area contributed by atoms with Crippen LogP contribution in [0.2, 0.25) is 0 Å². The molecule has 0 amide bonds. The zero-order valence-corrected chi connectivity index (χ0v) is 15.6. The van der Waals surface area contributed by atoms with E-state index in [0.717, 1.165) is 0 Å². The van der Waals surface area contributed by atoms with Gasteiger partial charge in [-0.2, -0.15) is 0 Å². The smallest absolute Gasteiger partial charge is 0.334 e. The van der Waals surface area contributed by atoms with Crippen LogP contribution in [-0.2, 0) is 28.6 Å². The zero-order valence-electron chi connectivity index (χ0n) is 15.6. The predicted molar refractivity (Wildman–Crippen MR) is 96.1 cm³/mol. The summed E-state index contributed by atoms with van der Waals surface area (Å²) in [5.74, 6) is -2.22. The van der Waals surface area contributed by atoms with E-state index in [1.165, 1.54) is 19.1 Å². The number of carbonyl (C=O) groups excluding carboxylic acids is 3. The Labute approximate surface area is 162 Å². The molecule has 2 saturated heterocycles. The Morgan fingerprint density at radius 2 is 2.21 bits per heavy atom. The number of hydrogen-bond acceptors (Lipinski definition) is 8. The van der Waals surface area contributed by atoms with Gasteiger partial charge in [0, 0.05) is 5.57 Å². The van der Waals surface area contributed by atoms with Crippen LogP contribution in [0.15, 0.2) is 35.6 Å². The molecule has 0 unspecified atom stereocenters. The number of rotatable bonds is 4. The third-order valence-electron chi connectivity index (χ3n) is 5.41. The molecule has 0 radical (unpaired) electrons. The second kappa shape index (κ2) is 7.89. The Bertz CT molecular complexity index is 741. The Hall–Kier alpha value is -2.45. The van der Waals surface area contributed by atoms with E-state index in [-0.39, 0.29) is 17.8 Å². The number of aliphatic hydroxyl groups is 2. The van der Waals surface area contributed by atoms with E-state index in [1.54, 1.807) is 0 Å². The Kier molecular flexibility index (Phi) is 5.71. The normalized spacial score (nSPS) is 37.5. The monoisotopic (exact) mass is 392 g/mol. The highest BCUT2D eigenvalue weighted by atomic mass is 16.6. The first kappa shape index (κ1) is 20.3. The maximum absolute atomic E-state index is 12.2. The fraction of sp³-hybridized carbons (Fsp3) is 0.550. The van der Waals surface area contributed by atoms with Crippen LogP contribution in [0.25, 0.3) is 0 Å². The van der Waals surface area contributed by atoms with Gasteiger partial charge in [-0.05, 0) is 43.9 Å². The average Bonchev–Trinajstić information content (AvgIpc) is 3.38. The quantitative estimate of drug-likeness (QED) is 0.241. The first-order chi connectivity index (χ1) is 13.3. The van der Waals surface area contributed by atoms with Crippen molar-refractivity contribution in [1.82, 2.24) is 0 Å². The molecule has 0 saturated carbocycles. The summed E-state index contributed by atoms with van der Waals surface area (Å²) in [4.78, 5) is 35.9. The maximum Gasteiger partial charge on any atom is 0.334 e. The van der Waals surface area contributed by atoms with E-state index in [1.807, 2.05) is 0 Å². The lowest BCUT2D eigenvalue weighted by atomic mass is 9.80. The van der Waals surface area contributed by atoms with Gasteiger partial charge in [0.25, 0.3) is 0 Å². The Morgan fingerprint density at radius 1 is 1.50 bits per heavy atom. The molecule has 2 fully saturated rings. The number of ether oxygens (including phenoxy) is 3. The molecular formula is C20H24O8. The summed E-state index contributed by atoms with van der Waals surface area (Å²) < 4.78 is 16.3. The van der Waals surface area contributed by atoms with Gasteiger partial charge in [-0.3, -0.25) is 9.59 Å². The molecule has 3 rings (SSSR count). The van der Waals surface area contributed by atoms with E-state index >= 15 is 0 Å². The molecule has 3 aliphatic rings. The van der Waals surface area contributed by atoms with Crippen LogP contribution in [0, 0.1) is 5.92 Å². The van der Waals surface area contributed by atoms with E-state index in [2.05, 4.69) is 6.58 Å². The van der Waals surface area contributed by atoms with Crippen molar-refractivity contribution in [2.24, 2.45) is 5.92 Å². The molecule has 0 bridgehead atoms. The average molecular weight is 392 g/mol. The van der Waals surface area contributed by atoms with Crippen LogP contribution in [0.5, 0.6) is 0 Å². The summed E-state index contributed by atoms with van der Waals surface area (Å²) in [5, 5.41) is 20.1. The van der Waals surface area contributed by atoms with Gasteiger partial charge >= 0.3 is 11.9 Å². The number of allylic oxidation sites excluding steroid dienone is 2. The van der Waals surface area contributed by atoms with Crippen LogP contribution in [-0.4, -0.2) is 59.0 Å². The Morgan fingerprint density at radius 3 is 2.82 bits per heavy atom. The summed E-state index contributed by atoms with van der Waals surface area (Å²) in [6.45, 7) is 5.49. The molecule has 8 heteroatoms. The fourth-order valence-electron chi connectivity index (χ4n) is 3.73. The van der Waals surface area contributed by atoms with Crippen molar-refractivity contribution in [3.05, 3.63) is 35.6 Å². The van der Waals surface area contributed by atoms with Crippen LogP contribution in [0.1, 0.15) is 32.6 Å². The lowest BCUT2D eigenvalue weighted by molar-refractivity contribution is -0.154. The van der Waals surface area contributed by atoms with Gasteiger partial charge in [0.15, 0.2) is 0 Å². The van der Waals surface area contributed by atoms with Crippen molar-refractivity contribution >= 4 is 18.2 Å². The zero-order chi connectivity index (χ0) is 20.5. The molecule has 2 N–H and O–H groups in total. The number of aldehydes is 1. The van der Waals surface area contributed by atoms with Crippen LogP contribution < -0.4 is 0 Å². The molecule has 0 aromatic rings. The Balaban J connectivity index is 1.95. The molecule has 28 heavy (non-hydrogen) atoms. The number of carbonyl (C=O) groups is 3. The summed E-state index contributed by atoms with van der Waals surface area (Å²) in [6.07, 6.45) is 1.67. The molecule has 5 atom stereocenters. The van der Waals surface area contributed by atoms with Gasteiger partial charge < -0.3 is 24.4 Å². The van der Waals surface area contributed by atoms with E-state index < -0.39 is 41.8 Å². The van der Waals surface area contributed by atoms with Crippen LogP contribution >= 0.6 is 0 Å². The second-order valence-corrected chi connectivity index (χ2v) is 7.44. The van der Waals surface area contributed by atoms with Crippen LogP contribution in [0.3, 0.4) is 0 Å². The molecule has 8 nitrogen and oxygen atoms in total. The third-order valence-corrected chi connectivity index (χ3v) is 5.41. The lowest BCUT2D eigenvalue weighted by Gasteiger charge is -2.31. The summed E-state index contributed by atoms with van der Waals surface area (Å²) in [5.41, 5.74) is -0.344. The first-order valence-corrected chi connectivity index (χ1v) is 9.20. The summed E-state index contributed by atoms with van der Waals surface area (Å²) in [7, 11) is 0. The lowest BCUT2D eigenvalue weighted by Crippen LogP contribution is -2.47. The van der Waals surface area contributed by atoms with Crippen molar-refractivity contribution in [3.63, 3.8) is 0 Å². The van der Waals surface area contributed by atoms with Gasteiger partial charge in [0.05, 0.1) is 24.7 Å². The first-order valence-electron chi connectivity index (χ1n) is 9.20. The topological polar surface area (TPSA) is 123 Å². The van der Waals surface area contributed by atoms with Gasteiger partial charge in [0.1, 0.15) is 30.2 Å². The highest BCUT2D eigenvalue weighted by Gasteiger charge is 2.59. The number of fused-ring (bicyclic) bond motifs is 1. The van der Waals surface area contributed by atoms with Gasteiger partial charge in [-0.25, -0.2) is 4.79 Å². The van der Waals surface area contributed by atoms with Crippen LogP contribution in [0.4, 0.5) is 0 Å². The minimum absolute atomic E-state index is 0.0306. The summed E-state index contributed by atoms with van der Waals surface area (Å²) in [6, 6.07) is 0. The second-order valence-electron chi connectivity index (χ2n) is 7.44. The minimum Gasteiger partial charge on any atom is -0.513 e. The van der Waals surface area contributed by atoms with Crippen molar-refractivity contribution in [1.29, 1.82) is 0 Å². The third kappa shape index (κ3) is 4.02. The number of epoxide rings is 1. The molecular weight excluding hydrogens is 368 g/mol. The van der Waals surface area contributed by atoms with Crippen molar-refractivity contribution in [3.8, 4) is 0 Å². The van der Waals surface area contributed by atoms with Crippen molar-refractivity contribution < 1.29 is 38.8 Å². The highest BCUT2D eigenvalue weighted by Crippen LogP contribution is 2.45. The van der Waals surface area contributed by atoms with E-state index in [4.69, 9.17) is 14.2 Å². The van der Waals surface area contributed by atoms with E-state index in [0.29, 0.717) is 37.7 Å². The van der Waals surface area contributed by atoms with Gasteiger partial charge in [-0.15, -0.1) is 0 Å². The molecule has 0 aromatic carbocycles. The predicted octanol–water partition coefficient (Wildman–Crippen LogP) is 1.29. The van der Waals surface area contributed by atoms with E-state index in [9.17, 15) is 24.6 Å². The fourth-order valence-corrected chi connectivity index (χ4v) is 3.73. The van der Waals surface area contributed by atoms with Gasteiger partial charge in [-0.1, -0.05) is 6.58 Å². The molecule has 152 valence electrons. The minimum atomic E-state index is -1.10. The van der Waals surface area contributed by atoms with Crippen molar-refractivity contribution in [2.45, 2.75) is 56.5 Å². The molecule has 2 aliphatic heterocycles. The van der Waals surface area contributed by atoms with Crippen molar-refractivity contribution in [2.75, 3.05) is 6.61 Å². The highest BCUT2D eigenvalue weighted by molar-refractivity contribution is 5.91. The SMILES string of the molecule is C=C1C(=O)O[C@H]2[C@H]1[C@H](OC(=O)C/C=C(/C)O)/C=C(/C=O)CCC[C@@]1(CO1)[C@@H]2O. The molecule has 1 aliphatic carbocycles. The van der Waals surface area contributed by atoms with Gasteiger partial charge in [0.2, 0.25) is 0 Å². The molecule has 0 aromatic heterocycles. The number of esters is 2. The largest absolute Gasteiger partial charge is 0.513 e. The number of aliphatic hydroxyl groups excluding tert-OH is 2. The number of hydrogen-bond donors (Lipinski definition) is 2. The summed E-state index contributed by atoms with van der Waals surface area (Å²) >= 11 is 0. The standard InChI is InChI=1S/C20H24O8/c1-11(22)5-6-15(23)27-14-8-13(9-21)4-3-7-20(10-26-20)18(24)17-16(14)12(2)19(25)28-17/h5,8-9,14,16-18,22,24H,2-4,6-7,10H2,1H3/b11-5-,13-8+/t14-,16-,17+,18-,20-/m1/s1.